The fraction of sp³-hybridized carbons (Fsp3) is 0.455. The number of nitrogens with one attached hydrogen (secondary N) is 2. The van der Waals surface area contributed by atoms with Crippen LogP contribution in [0.15, 0.2) is 56.1 Å². The maximum Gasteiger partial charge on any atom is 0.330 e. The third-order valence-corrected chi connectivity index (χ3v) is 7.47. The highest BCUT2D eigenvalue weighted by Crippen LogP contribution is 2.40. The normalized spacial score (nSPS) is 31.2. The summed E-state index contributed by atoms with van der Waals surface area (Å²) in [7, 11) is 0. The van der Waals surface area contributed by atoms with Crippen molar-refractivity contribution >= 4 is 0 Å². The summed E-state index contributed by atoms with van der Waals surface area (Å²) in [5.41, 5.74) is -1.74. The fourth-order valence-corrected chi connectivity index (χ4v) is 5.68. The van der Waals surface area contributed by atoms with Gasteiger partial charge in [0, 0.05) is 49.8 Å². The molecule has 7 rings (SSSR count). The molecule has 0 radical (unpaired) electrons. The lowest BCUT2D eigenvalue weighted by molar-refractivity contribution is -0.0397. The molecule has 4 aromatic heterocycles. The Labute approximate surface area is 221 Å². The number of fused-ring (bicyclic) bond motifs is 8. The van der Waals surface area contributed by atoms with Crippen LogP contribution in [0, 0.1) is 0 Å². The van der Waals surface area contributed by atoms with E-state index in [1.165, 1.54) is 21.8 Å². The predicted molar refractivity (Wildman–Crippen MR) is 128 cm³/mol. The van der Waals surface area contributed by atoms with Gasteiger partial charge in [-0.2, -0.15) is 0 Å². The Morgan fingerprint density at radius 1 is 0.725 bits per heavy atom. The van der Waals surface area contributed by atoms with Gasteiger partial charge in [0.1, 0.15) is 24.3 Å². The van der Waals surface area contributed by atoms with E-state index in [4.69, 9.17) is 9.47 Å². The van der Waals surface area contributed by atoms with Crippen molar-refractivity contribution in [1.29, 1.82) is 0 Å². The van der Waals surface area contributed by atoms with Crippen LogP contribution in [-0.4, -0.2) is 83.7 Å². The van der Waals surface area contributed by atoms with Gasteiger partial charge in [-0.3, -0.25) is 28.7 Å². The van der Waals surface area contributed by atoms with Crippen LogP contribution in [0.5, 0.6) is 0 Å². The Hall–Kier alpha value is -4.52. The first-order valence-corrected chi connectivity index (χ1v) is 12.4. The second-order valence-electron chi connectivity index (χ2n) is 9.92. The summed E-state index contributed by atoms with van der Waals surface area (Å²) < 4.78 is 17.3. The molecule has 18 heteroatoms. The van der Waals surface area contributed by atoms with E-state index in [2.05, 4.69) is 30.6 Å². The molecule has 2 fully saturated rings. The third-order valence-electron chi connectivity index (χ3n) is 7.47. The molecule has 0 aromatic carbocycles. The summed E-state index contributed by atoms with van der Waals surface area (Å²) in [5.74, 6) is 0. The summed E-state index contributed by atoms with van der Waals surface area (Å²) in [6.07, 6.45) is -0.244. The van der Waals surface area contributed by atoms with Crippen LogP contribution in [0.2, 0.25) is 0 Å². The second kappa shape index (κ2) is 9.01. The first-order chi connectivity index (χ1) is 19.3. The number of aromatic amines is 2. The number of aliphatic hydroxyl groups is 2. The SMILES string of the molecule is O=c1ccn(C2O[C@@H]3Cc4cn(nn4)[C@@H]4C(Cc5cn(nn5)C3[C@H]2O)O[C@@H](n2ccc(=O)[nH]c2=O)[C@@H]4O)c(=O)[nH]1. The van der Waals surface area contributed by atoms with Crippen molar-refractivity contribution in [3.05, 3.63) is 90.0 Å². The Kier molecular flexibility index (Phi) is 5.52. The minimum Gasteiger partial charge on any atom is -0.386 e. The summed E-state index contributed by atoms with van der Waals surface area (Å²) in [4.78, 5) is 52.2. The smallest absolute Gasteiger partial charge is 0.330 e. The highest BCUT2D eigenvalue weighted by atomic mass is 16.5. The van der Waals surface area contributed by atoms with Crippen LogP contribution in [0.1, 0.15) is 35.9 Å². The second-order valence-corrected chi connectivity index (χ2v) is 9.92. The first-order valence-electron chi connectivity index (χ1n) is 12.4. The van der Waals surface area contributed by atoms with Crippen molar-refractivity contribution < 1.29 is 19.7 Å². The van der Waals surface area contributed by atoms with E-state index in [1.807, 2.05) is 0 Å². The van der Waals surface area contributed by atoms with Crippen LogP contribution < -0.4 is 22.5 Å². The van der Waals surface area contributed by atoms with E-state index >= 15 is 0 Å². The minimum atomic E-state index is -1.25. The lowest BCUT2D eigenvalue weighted by Crippen LogP contribution is -2.36. The number of aliphatic hydroxyl groups excluding tert-OH is 2. The van der Waals surface area contributed by atoms with Crippen molar-refractivity contribution in [1.82, 2.24) is 49.1 Å². The van der Waals surface area contributed by atoms with Gasteiger partial charge in [-0.25, -0.2) is 19.0 Å². The number of rotatable bonds is 2. The molecule has 4 bridgehead atoms. The molecule has 4 N–H and O–H groups in total. The lowest BCUT2D eigenvalue weighted by Gasteiger charge is -2.21. The average molecular weight is 554 g/mol. The van der Waals surface area contributed by atoms with Gasteiger partial charge in [0.25, 0.3) is 11.1 Å². The van der Waals surface area contributed by atoms with Gasteiger partial charge in [0.15, 0.2) is 12.5 Å². The molecule has 7 heterocycles. The van der Waals surface area contributed by atoms with Crippen LogP contribution >= 0.6 is 0 Å². The first kappa shape index (κ1) is 24.5. The van der Waals surface area contributed by atoms with E-state index in [0.717, 1.165) is 21.3 Å². The van der Waals surface area contributed by atoms with E-state index < -0.39 is 71.5 Å². The Morgan fingerprint density at radius 2 is 1.15 bits per heavy atom. The summed E-state index contributed by atoms with van der Waals surface area (Å²) in [6, 6.07) is 0.737. The van der Waals surface area contributed by atoms with Crippen molar-refractivity contribution in [2.75, 3.05) is 0 Å². The van der Waals surface area contributed by atoms with Crippen molar-refractivity contribution in [3.63, 3.8) is 0 Å². The summed E-state index contributed by atoms with van der Waals surface area (Å²) in [5, 5.41) is 39.4. The molecule has 3 aliphatic rings. The largest absolute Gasteiger partial charge is 0.386 e. The van der Waals surface area contributed by atoms with Crippen LogP contribution in [0.4, 0.5) is 0 Å². The molecular weight excluding hydrogens is 532 g/mol. The molecule has 0 amide bonds. The molecule has 0 aliphatic carbocycles. The highest BCUT2D eigenvalue weighted by molar-refractivity contribution is 5.09. The highest BCUT2D eigenvalue weighted by Gasteiger charge is 2.50. The molecule has 0 spiro atoms. The van der Waals surface area contributed by atoms with Crippen LogP contribution in [-0.2, 0) is 22.3 Å². The standard InChI is InChI=1S/C22H22N10O8/c33-13-1-3-29(21(37)23-13)19-17(35)15-11(39-19)5-9-8-32(28-25-9)16-12(6-10-7-31(15)27-26-10)40-20(18(16)36)30-4-2-14(34)24-22(30)38/h1-4,7-8,11-12,15-20,35-36H,5-6H2,(H,23,33,37)(H,24,34,38)/t11-,12?,15?,16-,17-,18-,19?,20-/m1/s1. The van der Waals surface area contributed by atoms with E-state index in [-0.39, 0.29) is 12.8 Å². The van der Waals surface area contributed by atoms with Gasteiger partial charge >= 0.3 is 11.4 Å². The van der Waals surface area contributed by atoms with Gasteiger partial charge in [0.05, 0.1) is 23.6 Å². The summed E-state index contributed by atoms with van der Waals surface area (Å²) in [6.45, 7) is 0. The number of nitrogens with zero attached hydrogens (tertiary/aromatic N) is 8. The third kappa shape index (κ3) is 3.87. The van der Waals surface area contributed by atoms with Crippen LogP contribution in [0.25, 0.3) is 0 Å². The molecule has 3 unspecified atom stereocenters. The molecule has 0 saturated carbocycles. The van der Waals surface area contributed by atoms with Gasteiger partial charge < -0.3 is 19.7 Å². The monoisotopic (exact) mass is 554 g/mol. The van der Waals surface area contributed by atoms with Crippen molar-refractivity contribution in [2.24, 2.45) is 0 Å². The number of ether oxygens (including phenoxy) is 2. The maximum atomic E-state index is 12.4. The Morgan fingerprint density at radius 3 is 1.55 bits per heavy atom. The van der Waals surface area contributed by atoms with Crippen LogP contribution in [0.3, 0.4) is 0 Å². The van der Waals surface area contributed by atoms with Gasteiger partial charge in [-0.15, -0.1) is 10.2 Å². The number of aromatic nitrogens is 10. The minimum absolute atomic E-state index is 0.142. The molecule has 4 aromatic rings. The molecule has 40 heavy (non-hydrogen) atoms. The molecular formula is C22H22N10O8. The average Bonchev–Trinajstić information content (AvgIpc) is 3.67. The topological polar surface area (TPSA) is 230 Å². The Bertz CT molecular complexity index is 1690. The maximum absolute atomic E-state index is 12.4. The van der Waals surface area contributed by atoms with E-state index in [1.54, 1.807) is 12.4 Å². The van der Waals surface area contributed by atoms with Gasteiger partial charge in [-0.1, -0.05) is 10.4 Å². The molecule has 2 saturated heterocycles. The Balaban J connectivity index is 1.26. The molecule has 3 aliphatic heterocycles. The molecule has 18 nitrogen and oxygen atoms in total. The summed E-state index contributed by atoms with van der Waals surface area (Å²) >= 11 is 0. The lowest BCUT2D eigenvalue weighted by atomic mass is 10.0. The molecule has 208 valence electrons. The fourth-order valence-electron chi connectivity index (χ4n) is 5.68. The van der Waals surface area contributed by atoms with E-state index in [0.29, 0.717) is 11.4 Å². The quantitative estimate of drug-likeness (QED) is 0.188. The van der Waals surface area contributed by atoms with E-state index in [9.17, 15) is 29.4 Å². The number of hydrogen-bond donors (Lipinski definition) is 4. The molecule has 8 atom stereocenters. The van der Waals surface area contributed by atoms with Gasteiger partial charge in [0.2, 0.25) is 0 Å². The zero-order chi connectivity index (χ0) is 27.7. The zero-order valence-corrected chi connectivity index (χ0v) is 20.4. The number of H-pyrrole nitrogens is 2. The van der Waals surface area contributed by atoms with Gasteiger partial charge in [-0.05, 0) is 0 Å². The zero-order valence-electron chi connectivity index (χ0n) is 20.4. The van der Waals surface area contributed by atoms with Crippen molar-refractivity contribution in [2.45, 2.75) is 61.8 Å². The number of hydrogen-bond acceptors (Lipinski definition) is 12. The van der Waals surface area contributed by atoms with Crippen molar-refractivity contribution in [3.8, 4) is 0 Å². The predicted octanol–water partition coefficient (Wildman–Crippen LogP) is -3.63.